The monoisotopic (exact) mass is 326 g/mol. The van der Waals surface area contributed by atoms with E-state index in [0.717, 1.165) is 18.4 Å². The van der Waals surface area contributed by atoms with Crippen LogP contribution in [0, 0.1) is 6.92 Å². The molecule has 0 bridgehead atoms. The molecule has 126 valence electrons. The number of amides is 1. The molecule has 2 atom stereocenters. The van der Waals surface area contributed by atoms with Crippen molar-refractivity contribution in [2.75, 3.05) is 6.61 Å². The molecule has 24 heavy (non-hydrogen) atoms. The van der Waals surface area contributed by atoms with E-state index >= 15 is 0 Å². The van der Waals surface area contributed by atoms with Crippen LogP contribution in [0.5, 0.6) is 0 Å². The van der Waals surface area contributed by atoms with Gasteiger partial charge in [0.2, 0.25) is 0 Å². The Morgan fingerprint density at radius 1 is 1.25 bits per heavy atom. The van der Waals surface area contributed by atoms with Crippen LogP contribution < -0.4 is 10.9 Å². The number of hydrogen-bond donors (Lipinski definition) is 1. The summed E-state index contributed by atoms with van der Waals surface area (Å²) >= 11 is 0. The van der Waals surface area contributed by atoms with E-state index in [9.17, 15) is 9.59 Å². The Morgan fingerprint density at radius 2 is 2.00 bits per heavy atom. The van der Waals surface area contributed by atoms with Gasteiger partial charge in [0.25, 0.3) is 11.5 Å². The minimum absolute atomic E-state index is 0.0991. The first-order valence-electron chi connectivity index (χ1n) is 8.20. The van der Waals surface area contributed by atoms with Gasteiger partial charge in [-0.15, -0.1) is 0 Å². The SMILES string of the molecule is Cc1ccc([C@H]2OCCC[C@@H]2NC(=O)c2ccn(C)c(=O)c2)cc1. The fourth-order valence-corrected chi connectivity index (χ4v) is 2.96. The third-order valence-electron chi connectivity index (χ3n) is 4.41. The fourth-order valence-electron chi connectivity index (χ4n) is 2.96. The van der Waals surface area contributed by atoms with Crippen LogP contribution in [0.25, 0.3) is 0 Å². The van der Waals surface area contributed by atoms with E-state index in [4.69, 9.17) is 4.74 Å². The van der Waals surface area contributed by atoms with Gasteiger partial charge in [-0.1, -0.05) is 29.8 Å². The molecule has 5 heteroatoms. The summed E-state index contributed by atoms with van der Waals surface area (Å²) in [6.45, 7) is 2.73. The van der Waals surface area contributed by atoms with Crippen LogP contribution in [0.1, 0.15) is 40.4 Å². The lowest BCUT2D eigenvalue weighted by molar-refractivity contribution is -0.00946. The van der Waals surface area contributed by atoms with Gasteiger partial charge >= 0.3 is 0 Å². The number of pyridine rings is 1. The molecule has 0 radical (unpaired) electrons. The van der Waals surface area contributed by atoms with E-state index < -0.39 is 0 Å². The highest BCUT2D eigenvalue weighted by molar-refractivity contribution is 5.94. The van der Waals surface area contributed by atoms with E-state index in [2.05, 4.69) is 5.32 Å². The van der Waals surface area contributed by atoms with Crippen LogP contribution in [0.4, 0.5) is 0 Å². The summed E-state index contributed by atoms with van der Waals surface area (Å²) in [6, 6.07) is 11.1. The summed E-state index contributed by atoms with van der Waals surface area (Å²) in [5.41, 5.74) is 2.44. The molecule has 1 aromatic carbocycles. The second kappa shape index (κ2) is 7.01. The first kappa shape index (κ1) is 16.5. The molecule has 1 amide bonds. The summed E-state index contributed by atoms with van der Waals surface area (Å²) in [6.07, 6.45) is 3.21. The number of carbonyl (C=O) groups excluding carboxylic acids is 1. The Labute approximate surface area is 141 Å². The van der Waals surface area contributed by atoms with Gasteiger partial charge < -0.3 is 14.6 Å². The molecule has 0 spiro atoms. The molecule has 2 aromatic rings. The number of aromatic nitrogens is 1. The van der Waals surface area contributed by atoms with E-state index in [-0.39, 0.29) is 23.6 Å². The van der Waals surface area contributed by atoms with Crippen LogP contribution in [0.2, 0.25) is 0 Å². The number of aryl methyl sites for hydroxylation is 2. The molecule has 1 saturated heterocycles. The van der Waals surface area contributed by atoms with Gasteiger partial charge in [0.15, 0.2) is 0 Å². The molecular weight excluding hydrogens is 304 g/mol. The summed E-state index contributed by atoms with van der Waals surface area (Å²) in [4.78, 5) is 24.2. The highest BCUT2D eigenvalue weighted by Crippen LogP contribution is 2.28. The van der Waals surface area contributed by atoms with Gasteiger partial charge in [-0.3, -0.25) is 9.59 Å². The molecule has 0 unspecified atom stereocenters. The quantitative estimate of drug-likeness (QED) is 0.942. The van der Waals surface area contributed by atoms with Crippen molar-refractivity contribution in [1.29, 1.82) is 0 Å². The zero-order chi connectivity index (χ0) is 17.1. The van der Waals surface area contributed by atoms with Crippen molar-refractivity contribution in [2.45, 2.75) is 31.9 Å². The zero-order valence-electron chi connectivity index (χ0n) is 14.0. The van der Waals surface area contributed by atoms with Crippen molar-refractivity contribution in [3.05, 3.63) is 69.6 Å². The van der Waals surface area contributed by atoms with Crippen molar-refractivity contribution in [3.63, 3.8) is 0 Å². The van der Waals surface area contributed by atoms with Crippen molar-refractivity contribution < 1.29 is 9.53 Å². The highest BCUT2D eigenvalue weighted by Gasteiger charge is 2.29. The molecule has 2 heterocycles. The number of ether oxygens (including phenoxy) is 1. The molecule has 5 nitrogen and oxygen atoms in total. The predicted octanol–water partition coefficient (Wildman–Crippen LogP) is 2.34. The van der Waals surface area contributed by atoms with Crippen LogP contribution in [0.15, 0.2) is 47.4 Å². The molecule has 3 rings (SSSR count). The molecule has 0 aliphatic carbocycles. The molecule has 1 N–H and O–H groups in total. The Morgan fingerprint density at radius 3 is 2.71 bits per heavy atom. The van der Waals surface area contributed by atoms with Gasteiger partial charge in [-0.2, -0.15) is 0 Å². The predicted molar refractivity (Wildman–Crippen MR) is 92.0 cm³/mol. The summed E-state index contributed by atoms with van der Waals surface area (Å²) < 4.78 is 7.36. The second-order valence-electron chi connectivity index (χ2n) is 6.29. The number of nitrogens with one attached hydrogen (secondary N) is 1. The van der Waals surface area contributed by atoms with E-state index in [1.165, 1.54) is 16.2 Å². The second-order valence-corrected chi connectivity index (χ2v) is 6.29. The minimum atomic E-state index is -0.236. The van der Waals surface area contributed by atoms with Gasteiger partial charge in [0, 0.05) is 31.5 Å². The van der Waals surface area contributed by atoms with Gasteiger partial charge in [0.1, 0.15) is 6.10 Å². The Hall–Kier alpha value is -2.40. The summed E-state index contributed by atoms with van der Waals surface area (Å²) in [5, 5.41) is 3.03. The summed E-state index contributed by atoms with van der Waals surface area (Å²) in [7, 11) is 1.66. The number of hydrogen-bond acceptors (Lipinski definition) is 3. The van der Waals surface area contributed by atoms with E-state index in [1.807, 2.05) is 31.2 Å². The van der Waals surface area contributed by atoms with E-state index in [0.29, 0.717) is 12.2 Å². The Balaban J connectivity index is 1.78. The third kappa shape index (κ3) is 3.57. The largest absolute Gasteiger partial charge is 0.371 e. The normalized spacial score (nSPS) is 20.6. The van der Waals surface area contributed by atoms with Gasteiger partial charge in [-0.05, 0) is 31.4 Å². The average molecular weight is 326 g/mol. The van der Waals surface area contributed by atoms with Crippen LogP contribution in [-0.2, 0) is 11.8 Å². The molecule has 1 aliphatic heterocycles. The molecular formula is C19H22N2O3. The molecule has 1 aliphatic rings. The first-order chi connectivity index (χ1) is 11.5. The topological polar surface area (TPSA) is 60.3 Å². The molecule has 0 saturated carbocycles. The van der Waals surface area contributed by atoms with Gasteiger partial charge in [-0.25, -0.2) is 0 Å². The number of rotatable bonds is 3. The van der Waals surface area contributed by atoms with Gasteiger partial charge in [0.05, 0.1) is 6.04 Å². The Bertz CT molecular complexity index is 780. The maximum Gasteiger partial charge on any atom is 0.251 e. The van der Waals surface area contributed by atoms with Crippen LogP contribution in [0.3, 0.4) is 0 Å². The maximum atomic E-state index is 12.5. The smallest absolute Gasteiger partial charge is 0.251 e. The standard InChI is InChI=1S/C19H22N2O3/c1-13-5-7-14(8-6-13)18-16(4-3-11-24-18)20-19(23)15-9-10-21(2)17(22)12-15/h5-10,12,16,18H,3-4,11H2,1-2H3,(H,20,23)/t16-,18+/m0/s1. The van der Waals surface area contributed by atoms with Crippen LogP contribution in [-0.4, -0.2) is 23.1 Å². The maximum absolute atomic E-state index is 12.5. The lowest BCUT2D eigenvalue weighted by atomic mass is 9.95. The lowest BCUT2D eigenvalue weighted by Crippen LogP contribution is -2.43. The lowest BCUT2D eigenvalue weighted by Gasteiger charge is -2.32. The first-order valence-corrected chi connectivity index (χ1v) is 8.20. The Kier molecular flexibility index (Phi) is 4.81. The average Bonchev–Trinajstić information content (AvgIpc) is 2.58. The molecule has 1 aromatic heterocycles. The number of carbonyl (C=O) groups is 1. The van der Waals surface area contributed by atoms with Crippen molar-refractivity contribution in [3.8, 4) is 0 Å². The van der Waals surface area contributed by atoms with Crippen molar-refractivity contribution >= 4 is 5.91 Å². The summed E-state index contributed by atoms with van der Waals surface area (Å²) in [5.74, 6) is -0.236. The third-order valence-corrected chi connectivity index (χ3v) is 4.41. The fraction of sp³-hybridized carbons (Fsp3) is 0.368. The van der Waals surface area contributed by atoms with Crippen molar-refractivity contribution in [1.82, 2.24) is 9.88 Å². The minimum Gasteiger partial charge on any atom is -0.371 e. The van der Waals surface area contributed by atoms with Crippen molar-refractivity contribution in [2.24, 2.45) is 7.05 Å². The van der Waals surface area contributed by atoms with Crippen LogP contribution >= 0.6 is 0 Å². The highest BCUT2D eigenvalue weighted by atomic mass is 16.5. The molecule has 1 fully saturated rings. The number of benzene rings is 1. The van der Waals surface area contributed by atoms with E-state index in [1.54, 1.807) is 19.3 Å². The zero-order valence-corrected chi connectivity index (χ0v) is 14.0. The number of nitrogens with zero attached hydrogens (tertiary/aromatic N) is 1.